The zero-order valence-corrected chi connectivity index (χ0v) is 48.3. The minimum Gasteiger partial charge on any atom is -0.506 e. The van der Waals surface area contributed by atoms with Crippen molar-refractivity contribution in [3.05, 3.63) is 34.6 Å². The molecule has 1 rings (SSSR count). The summed E-state index contributed by atoms with van der Waals surface area (Å²) in [4.78, 5) is 0. The predicted octanol–water partition coefficient (Wildman–Crippen LogP) is 3.15. The fraction of sp³-hybridized carbons (Fsp3) is 0.893. The van der Waals surface area contributed by atoms with Crippen LogP contribution in [0.5, 0.6) is 0 Å². The number of aliphatic hydroxyl groups is 19. The molecule has 19 N–H and O–H groups in total. The molecule has 0 aromatic rings. The summed E-state index contributed by atoms with van der Waals surface area (Å²) in [5.74, 6) is -7.73. The largest absolute Gasteiger partial charge is 0.506 e. The van der Waals surface area contributed by atoms with Crippen molar-refractivity contribution >= 4 is 0 Å². The van der Waals surface area contributed by atoms with Gasteiger partial charge in [-0.1, -0.05) is 142 Å². The van der Waals surface area contributed by atoms with Gasteiger partial charge in [0.05, 0.1) is 19.8 Å². The molecule has 1 heterocycles. The van der Waals surface area contributed by atoms with E-state index in [1.807, 2.05) is 0 Å². The fourth-order valence-corrected chi connectivity index (χ4v) is 9.00. The van der Waals surface area contributed by atoms with Crippen LogP contribution in [0.15, 0.2) is 34.6 Å². The molecule has 1 aliphatic heterocycles. The van der Waals surface area contributed by atoms with Gasteiger partial charge in [0.25, 0.3) is 0 Å². The van der Waals surface area contributed by atoms with Crippen molar-refractivity contribution in [2.75, 3.05) is 52.9 Å². The molecule has 0 radical (unpaired) electrons. The summed E-state index contributed by atoms with van der Waals surface area (Å²) in [6.45, 7) is -1.05. The predicted molar refractivity (Wildman–Crippen MR) is 296 cm³/mol. The molecule has 82 heavy (non-hydrogen) atoms. The lowest BCUT2D eigenvalue weighted by Crippen LogP contribution is -2.61. The average Bonchev–Trinajstić information content (AvgIpc) is 3.67. The summed E-state index contributed by atoms with van der Waals surface area (Å²) < 4.78 is 42.1. The number of hydrogen-bond donors (Lipinski definition) is 19. The van der Waals surface area contributed by atoms with Crippen LogP contribution in [0.2, 0.25) is 0 Å². The van der Waals surface area contributed by atoms with Crippen LogP contribution in [0, 0.1) is 0 Å². The quantitative estimate of drug-likeness (QED) is 0.0236. The van der Waals surface area contributed by atoms with E-state index in [1.165, 1.54) is 25.7 Å². The van der Waals surface area contributed by atoms with E-state index < -0.39 is 186 Å². The highest BCUT2D eigenvalue weighted by Crippen LogP contribution is 2.30. The summed E-state index contributed by atoms with van der Waals surface area (Å²) >= 11 is 0. The molecule has 0 spiro atoms. The van der Waals surface area contributed by atoms with Gasteiger partial charge in [-0.05, 0) is 12.8 Å². The Hall–Kier alpha value is -2.78. The average molecular weight is 1200 g/mol. The summed E-state index contributed by atoms with van der Waals surface area (Å²) in [6.07, 6.45) is -11.2. The van der Waals surface area contributed by atoms with Gasteiger partial charge in [-0.25, -0.2) is 0 Å². The normalized spacial score (nSPS) is 22.5. The van der Waals surface area contributed by atoms with Gasteiger partial charge in [0, 0.05) is 52.3 Å². The van der Waals surface area contributed by atoms with Gasteiger partial charge in [-0.3, -0.25) is 0 Å². The topological polar surface area (TPSA) is 449 Å². The third-order valence-electron chi connectivity index (χ3n) is 14.1. The Morgan fingerprint density at radius 2 is 0.720 bits per heavy atom. The summed E-state index contributed by atoms with van der Waals surface area (Å²) in [7, 11) is 0. The second-order valence-corrected chi connectivity index (χ2v) is 20.9. The Labute approximate surface area is 483 Å². The van der Waals surface area contributed by atoms with E-state index in [4.69, 9.17) is 33.2 Å². The maximum absolute atomic E-state index is 11.4. The number of ether oxygens (including phenoxy) is 7. The first-order chi connectivity index (χ1) is 39.3. The van der Waals surface area contributed by atoms with E-state index >= 15 is 0 Å². The van der Waals surface area contributed by atoms with Crippen molar-refractivity contribution in [2.45, 2.75) is 267 Å². The van der Waals surface area contributed by atoms with E-state index in [-0.39, 0.29) is 13.2 Å². The van der Waals surface area contributed by atoms with Crippen LogP contribution in [0.3, 0.4) is 0 Å². The number of rotatable bonds is 52. The number of unbranched alkanes of at least 4 members (excludes halogenated alkanes) is 20. The molecule has 486 valence electrons. The molecule has 26 heteroatoms. The van der Waals surface area contributed by atoms with Crippen LogP contribution < -0.4 is 0 Å². The minimum atomic E-state index is -2.64. The smallest absolute Gasteiger partial charge is 0.217 e. The van der Waals surface area contributed by atoms with Crippen LogP contribution in [0.4, 0.5) is 0 Å². The highest BCUT2D eigenvalue weighted by molar-refractivity contribution is 5.08. The molecule has 26 nitrogen and oxygen atoms in total. The van der Waals surface area contributed by atoms with Gasteiger partial charge in [0.15, 0.2) is 40.8 Å². The van der Waals surface area contributed by atoms with E-state index in [0.717, 1.165) is 89.9 Å². The highest BCUT2D eigenvalue weighted by Gasteiger charge is 2.48. The maximum atomic E-state index is 11.4. The minimum absolute atomic E-state index is 0.172. The van der Waals surface area contributed by atoms with E-state index in [0.29, 0.717) is 25.7 Å². The summed E-state index contributed by atoms with van der Waals surface area (Å²) in [6, 6.07) is 0. The lowest BCUT2D eigenvalue weighted by Gasteiger charge is -2.43. The molecule has 0 aliphatic carbocycles. The van der Waals surface area contributed by atoms with Crippen molar-refractivity contribution in [2.24, 2.45) is 0 Å². The molecule has 3 unspecified atom stereocenters. The first-order valence-electron chi connectivity index (χ1n) is 29.6. The third kappa shape index (κ3) is 30.0. The fourth-order valence-electron chi connectivity index (χ4n) is 9.00. The Morgan fingerprint density at radius 3 is 1.07 bits per heavy atom. The van der Waals surface area contributed by atoms with Crippen LogP contribution in [0.1, 0.15) is 174 Å². The molecule has 15 atom stereocenters. The number of aliphatic hydroxyl groups excluding tert-OH is 19. The second kappa shape index (κ2) is 46.4. The molecular formula is C56H106O26. The third-order valence-corrected chi connectivity index (χ3v) is 14.1. The van der Waals surface area contributed by atoms with Crippen LogP contribution in [-0.2, 0) is 33.2 Å². The molecule has 1 fully saturated rings. The lowest BCUT2D eigenvalue weighted by atomic mass is 9.98. The van der Waals surface area contributed by atoms with E-state index in [2.05, 4.69) is 13.8 Å². The molecule has 0 amide bonds. The summed E-state index contributed by atoms with van der Waals surface area (Å²) in [5.41, 5.74) is 0. The lowest BCUT2D eigenvalue weighted by molar-refractivity contribution is -0.330. The molecule has 0 aromatic heterocycles. The molecule has 1 aliphatic rings. The number of hydrogen-bond acceptors (Lipinski definition) is 26. The Balaban J connectivity index is 4.16. The zero-order valence-electron chi connectivity index (χ0n) is 48.3. The zero-order chi connectivity index (χ0) is 61.4. The standard InChI is InChI=1S/C56H106O26/c1-3-5-7-9-11-13-15-17-19-21-23-31-76-51(40(80-55(75)49(71)44(66)38(63)27-30-59)34-78-53(73)47(69)42(64)36(61)25-28-57)52(77-32-24-22-20-18-16-14-12-10-8-6-4-2)41(35-79-54(74)48(70)43(65)37(62)26-29-58)82-56-50(72)46(68)45(67)39(33-60)81-56/h36-41,45-46,50-75H,3-35H2,1-2H3/b47-42+,48-43-,49-44-/t36-,37-,38-,39?,40+,41+,45-,46?,50?,51+,52+,53+,54+,55+,56+/m1/s1. The monoisotopic (exact) mass is 1190 g/mol. The van der Waals surface area contributed by atoms with Gasteiger partial charge in [-0.2, -0.15) is 0 Å². The van der Waals surface area contributed by atoms with Crippen LogP contribution in [-0.4, -0.2) is 242 Å². The molecular weight excluding hydrogens is 1090 g/mol. The second-order valence-electron chi connectivity index (χ2n) is 20.9. The van der Waals surface area contributed by atoms with Crippen molar-refractivity contribution in [3.8, 4) is 0 Å². The Morgan fingerprint density at radius 1 is 0.390 bits per heavy atom. The molecule has 0 bridgehead atoms. The molecule has 0 saturated carbocycles. The summed E-state index contributed by atoms with van der Waals surface area (Å²) in [5, 5.41) is 200. The Bertz CT molecular complexity index is 1670. The van der Waals surface area contributed by atoms with Crippen molar-refractivity contribution in [1.82, 2.24) is 0 Å². The Kier molecular flexibility index (Phi) is 43.7. The van der Waals surface area contributed by atoms with Crippen molar-refractivity contribution in [3.63, 3.8) is 0 Å². The van der Waals surface area contributed by atoms with Crippen molar-refractivity contribution in [1.29, 1.82) is 0 Å². The van der Waals surface area contributed by atoms with Gasteiger partial charge in [0.1, 0.15) is 67.1 Å². The maximum Gasteiger partial charge on any atom is 0.217 e. The van der Waals surface area contributed by atoms with Crippen LogP contribution in [0.25, 0.3) is 0 Å². The van der Waals surface area contributed by atoms with Gasteiger partial charge < -0.3 is 130 Å². The first-order valence-corrected chi connectivity index (χ1v) is 29.6. The van der Waals surface area contributed by atoms with Gasteiger partial charge in [0.2, 0.25) is 18.9 Å². The van der Waals surface area contributed by atoms with Gasteiger partial charge in [-0.15, -0.1) is 0 Å². The SMILES string of the molecule is CCCCCCCCCCCCCO[C@H]([C@@H](OCCCCCCCCCCCCC)[C@H](CO[C@H](O)/C(O)=C(\O)[C@H](O)CCO)O[C@H](O)/C(O)=C(/O)[C@H](O)CCO)[C@H](CO[C@H](O)/C(O)=C(/O)[C@H](O)CCO)O[C@@H]1OC(CO)[C@@H](O)C(O)C1O. The van der Waals surface area contributed by atoms with Crippen LogP contribution >= 0.6 is 0 Å². The molecule has 0 aromatic carbocycles. The van der Waals surface area contributed by atoms with E-state index in [1.54, 1.807) is 0 Å². The first kappa shape index (κ1) is 77.2. The molecule has 1 saturated heterocycles. The highest BCUT2D eigenvalue weighted by atomic mass is 16.7. The van der Waals surface area contributed by atoms with Gasteiger partial charge >= 0.3 is 0 Å². The van der Waals surface area contributed by atoms with Crippen molar-refractivity contribution < 1.29 is 130 Å². The van der Waals surface area contributed by atoms with E-state index in [9.17, 15) is 97.0 Å².